The van der Waals surface area contributed by atoms with E-state index in [0.717, 1.165) is 30.5 Å². The van der Waals surface area contributed by atoms with Crippen molar-refractivity contribution in [1.29, 1.82) is 0 Å². The number of aromatic nitrogens is 2. The van der Waals surface area contributed by atoms with E-state index in [2.05, 4.69) is 5.10 Å². The number of fused-ring (bicyclic) bond motifs is 2. The fraction of sp³-hybridized carbons (Fsp3) is 0.550. The minimum atomic E-state index is -0.174. The number of piperidine rings is 1. The first-order valence-electron chi connectivity index (χ1n) is 9.41. The molecule has 1 amide bonds. The maximum Gasteiger partial charge on any atom is 0.275 e. The number of carbonyl (C=O) groups excluding carboxylic acids is 1. The molecule has 132 valence electrons. The molecule has 1 saturated heterocycles. The highest BCUT2D eigenvalue weighted by Gasteiger charge is 2.35. The summed E-state index contributed by atoms with van der Waals surface area (Å²) in [6.45, 7) is 2.76. The van der Waals surface area contributed by atoms with E-state index in [1.165, 1.54) is 30.4 Å². The van der Waals surface area contributed by atoms with Crippen molar-refractivity contribution >= 4 is 16.7 Å². The Bertz CT molecular complexity index is 856. The van der Waals surface area contributed by atoms with Gasteiger partial charge in [0.2, 0.25) is 5.91 Å². The third-order valence-electron chi connectivity index (χ3n) is 5.90. The quantitative estimate of drug-likeness (QED) is 0.845. The number of aryl methyl sites for hydroxylation is 1. The highest BCUT2D eigenvalue weighted by molar-refractivity contribution is 5.83. The second kappa shape index (κ2) is 6.62. The van der Waals surface area contributed by atoms with Crippen molar-refractivity contribution in [2.75, 3.05) is 6.54 Å². The molecule has 0 N–H and O–H groups in total. The van der Waals surface area contributed by atoms with Crippen molar-refractivity contribution in [3.63, 3.8) is 0 Å². The van der Waals surface area contributed by atoms with Crippen LogP contribution < -0.4 is 5.56 Å². The van der Waals surface area contributed by atoms with Gasteiger partial charge in [0.05, 0.1) is 11.1 Å². The summed E-state index contributed by atoms with van der Waals surface area (Å²) < 4.78 is 1.35. The molecule has 2 atom stereocenters. The van der Waals surface area contributed by atoms with Crippen LogP contribution in [0.1, 0.15) is 44.2 Å². The molecule has 5 heteroatoms. The molecule has 2 heterocycles. The van der Waals surface area contributed by atoms with E-state index in [1.807, 2.05) is 36.1 Å². The van der Waals surface area contributed by atoms with Gasteiger partial charge in [0.15, 0.2) is 0 Å². The van der Waals surface area contributed by atoms with Crippen molar-refractivity contribution in [3.8, 4) is 0 Å². The van der Waals surface area contributed by atoms with E-state index in [4.69, 9.17) is 0 Å². The summed E-state index contributed by atoms with van der Waals surface area (Å²) in [6.07, 6.45) is 7.15. The smallest absolute Gasteiger partial charge is 0.275 e. The molecule has 2 unspecified atom stereocenters. The van der Waals surface area contributed by atoms with Gasteiger partial charge in [-0.05, 0) is 44.6 Å². The first-order chi connectivity index (χ1) is 12.1. The summed E-state index contributed by atoms with van der Waals surface area (Å²) in [5, 5.41) is 5.89. The average molecular weight is 339 g/mol. The zero-order chi connectivity index (χ0) is 17.4. The third kappa shape index (κ3) is 2.96. The third-order valence-corrected chi connectivity index (χ3v) is 5.90. The Balaban J connectivity index is 1.61. The van der Waals surface area contributed by atoms with Crippen LogP contribution >= 0.6 is 0 Å². The van der Waals surface area contributed by atoms with Crippen LogP contribution in [0, 0.1) is 12.8 Å². The van der Waals surface area contributed by atoms with Crippen LogP contribution in [0.4, 0.5) is 0 Å². The van der Waals surface area contributed by atoms with E-state index in [1.54, 1.807) is 0 Å². The minimum Gasteiger partial charge on any atom is -0.338 e. The van der Waals surface area contributed by atoms with Crippen molar-refractivity contribution in [2.24, 2.45) is 5.92 Å². The summed E-state index contributed by atoms with van der Waals surface area (Å²) >= 11 is 0. The van der Waals surface area contributed by atoms with Crippen LogP contribution in [-0.2, 0) is 11.3 Å². The molecule has 0 bridgehead atoms. The first-order valence-corrected chi connectivity index (χ1v) is 9.41. The summed E-state index contributed by atoms with van der Waals surface area (Å²) in [7, 11) is 0. The van der Waals surface area contributed by atoms with Gasteiger partial charge < -0.3 is 4.90 Å². The van der Waals surface area contributed by atoms with Crippen LogP contribution in [0.15, 0.2) is 29.1 Å². The van der Waals surface area contributed by atoms with Gasteiger partial charge in [-0.1, -0.05) is 31.0 Å². The lowest BCUT2D eigenvalue weighted by Gasteiger charge is -2.44. The van der Waals surface area contributed by atoms with Crippen molar-refractivity contribution in [2.45, 2.75) is 58.0 Å². The minimum absolute atomic E-state index is 0.0425. The Hall–Kier alpha value is -2.17. The van der Waals surface area contributed by atoms with Gasteiger partial charge in [0.1, 0.15) is 6.54 Å². The summed E-state index contributed by atoms with van der Waals surface area (Å²) in [5.74, 6) is 0.690. The van der Waals surface area contributed by atoms with Gasteiger partial charge in [0.25, 0.3) is 5.56 Å². The lowest BCUT2D eigenvalue weighted by molar-refractivity contribution is -0.138. The standard InChI is InChI=1S/C20H25N3O2/c1-14-16-9-3-4-10-17(16)20(25)23(21-14)13-19(24)22-12-6-8-15-7-2-5-11-18(15)22/h3-4,9-10,15,18H,2,5-8,11-13H2,1H3. The second-order valence-electron chi connectivity index (χ2n) is 7.44. The van der Waals surface area contributed by atoms with Gasteiger partial charge in [-0.3, -0.25) is 9.59 Å². The van der Waals surface area contributed by atoms with Crippen molar-refractivity contribution < 1.29 is 4.79 Å². The van der Waals surface area contributed by atoms with Gasteiger partial charge in [-0.25, -0.2) is 4.68 Å². The maximum absolute atomic E-state index is 12.9. The first kappa shape index (κ1) is 16.3. The molecule has 2 aromatic rings. The summed E-state index contributed by atoms with van der Waals surface area (Å²) in [4.78, 5) is 27.7. The van der Waals surface area contributed by atoms with E-state index in [0.29, 0.717) is 17.3 Å². The zero-order valence-corrected chi connectivity index (χ0v) is 14.8. The molecular weight excluding hydrogens is 314 g/mol. The fourth-order valence-electron chi connectivity index (χ4n) is 4.67. The Morgan fingerprint density at radius 1 is 1.12 bits per heavy atom. The Morgan fingerprint density at radius 3 is 2.68 bits per heavy atom. The number of rotatable bonds is 2. The van der Waals surface area contributed by atoms with Gasteiger partial charge in [-0.2, -0.15) is 5.10 Å². The van der Waals surface area contributed by atoms with Crippen molar-refractivity contribution in [3.05, 3.63) is 40.3 Å². The molecule has 2 fully saturated rings. The molecule has 1 aromatic carbocycles. The van der Waals surface area contributed by atoms with Gasteiger partial charge in [0, 0.05) is 18.0 Å². The number of likely N-dealkylation sites (tertiary alicyclic amines) is 1. The van der Waals surface area contributed by atoms with E-state index >= 15 is 0 Å². The molecule has 1 aliphatic carbocycles. The Morgan fingerprint density at radius 2 is 1.84 bits per heavy atom. The van der Waals surface area contributed by atoms with E-state index in [-0.39, 0.29) is 18.0 Å². The lowest BCUT2D eigenvalue weighted by atomic mass is 9.78. The summed E-state index contributed by atoms with van der Waals surface area (Å²) in [6, 6.07) is 7.84. The maximum atomic E-state index is 12.9. The molecule has 0 radical (unpaired) electrons. The van der Waals surface area contributed by atoms with Gasteiger partial charge >= 0.3 is 0 Å². The molecule has 2 aliphatic rings. The Labute approximate surface area is 147 Å². The highest BCUT2D eigenvalue weighted by atomic mass is 16.2. The number of benzene rings is 1. The van der Waals surface area contributed by atoms with Gasteiger partial charge in [-0.15, -0.1) is 0 Å². The normalized spacial score (nSPS) is 23.5. The molecule has 25 heavy (non-hydrogen) atoms. The van der Waals surface area contributed by atoms with Crippen molar-refractivity contribution in [1.82, 2.24) is 14.7 Å². The van der Waals surface area contributed by atoms with Crippen LogP contribution in [0.25, 0.3) is 10.8 Å². The number of hydrogen-bond donors (Lipinski definition) is 0. The van der Waals surface area contributed by atoms with Crippen LogP contribution in [0.2, 0.25) is 0 Å². The van der Waals surface area contributed by atoms with Crippen LogP contribution in [0.5, 0.6) is 0 Å². The molecule has 4 rings (SSSR count). The topological polar surface area (TPSA) is 55.2 Å². The monoisotopic (exact) mass is 339 g/mol. The SMILES string of the molecule is Cc1nn(CC(=O)N2CCCC3CCCCC32)c(=O)c2ccccc12. The number of hydrogen-bond acceptors (Lipinski definition) is 3. The van der Waals surface area contributed by atoms with Crippen LogP contribution in [-0.4, -0.2) is 33.2 Å². The van der Waals surface area contributed by atoms with E-state index < -0.39 is 0 Å². The molecule has 1 saturated carbocycles. The second-order valence-corrected chi connectivity index (χ2v) is 7.44. The predicted octanol–water partition coefficient (Wildman–Crippen LogP) is 2.89. The zero-order valence-electron chi connectivity index (χ0n) is 14.8. The Kier molecular flexibility index (Phi) is 4.32. The largest absolute Gasteiger partial charge is 0.338 e. The fourth-order valence-corrected chi connectivity index (χ4v) is 4.67. The van der Waals surface area contributed by atoms with Crippen LogP contribution in [0.3, 0.4) is 0 Å². The molecule has 0 spiro atoms. The predicted molar refractivity (Wildman–Crippen MR) is 97.4 cm³/mol. The number of carbonyl (C=O) groups is 1. The average Bonchev–Trinajstić information content (AvgIpc) is 2.65. The molecule has 1 aromatic heterocycles. The highest BCUT2D eigenvalue weighted by Crippen LogP contribution is 2.35. The summed E-state index contributed by atoms with van der Waals surface area (Å²) in [5.41, 5.74) is 0.615. The van der Waals surface area contributed by atoms with E-state index in [9.17, 15) is 9.59 Å². The number of amides is 1. The lowest BCUT2D eigenvalue weighted by Crippen LogP contribution is -2.51. The molecular formula is C20H25N3O2. The number of nitrogens with zero attached hydrogens (tertiary/aromatic N) is 3. The molecule has 1 aliphatic heterocycles. The molecule has 5 nitrogen and oxygen atoms in total.